The van der Waals surface area contributed by atoms with Gasteiger partial charge in [-0.2, -0.15) is 0 Å². The molecule has 1 amide bonds. The molecule has 1 heterocycles. The summed E-state index contributed by atoms with van der Waals surface area (Å²) in [6, 6.07) is 0. The van der Waals surface area contributed by atoms with Gasteiger partial charge in [0.25, 0.3) is 0 Å². The number of primary amides is 1. The molecule has 1 fully saturated rings. The minimum Gasteiger partial charge on any atom is -0.480 e. The van der Waals surface area contributed by atoms with Crippen molar-refractivity contribution in [2.24, 2.45) is 5.73 Å². The zero-order chi connectivity index (χ0) is 12.0. The van der Waals surface area contributed by atoms with Gasteiger partial charge in [0.1, 0.15) is 0 Å². The number of hydrogen-bond donors (Lipinski definition) is 2. The summed E-state index contributed by atoms with van der Waals surface area (Å²) >= 11 is 0. The third-order valence-electron chi connectivity index (χ3n) is 2.71. The van der Waals surface area contributed by atoms with Gasteiger partial charge in [0, 0.05) is 32.6 Å². The van der Waals surface area contributed by atoms with Crippen molar-refractivity contribution in [1.82, 2.24) is 9.80 Å². The third kappa shape index (κ3) is 5.09. The van der Waals surface area contributed by atoms with Crippen LogP contribution in [0.25, 0.3) is 0 Å². The number of carboxylic acids is 1. The topological polar surface area (TPSA) is 86.9 Å². The summed E-state index contributed by atoms with van der Waals surface area (Å²) in [6.45, 7) is 4.04. The van der Waals surface area contributed by atoms with Crippen molar-refractivity contribution in [3.05, 3.63) is 0 Å². The highest BCUT2D eigenvalue weighted by molar-refractivity contribution is 5.73. The normalized spacial score (nSPS) is 19.2. The molecule has 0 aromatic rings. The van der Waals surface area contributed by atoms with Gasteiger partial charge in [-0.15, -0.1) is 0 Å². The van der Waals surface area contributed by atoms with Gasteiger partial charge in [-0.1, -0.05) is 0 Å². The molecule has 1 aliphatic heterocycles. The lowest BCUT2D eigenvalue weighted by atomic mass is 10.3. The highest BCUT2D eigenvalue weighted by atomic mass is 16.4. The summed E-state index contributed by atoms with van der Waals surface area (Å²) < 4.78 is 0. The van der Waals surface area contributed by atoms with Crippen LogP contribution in [0.15, 0.2) is 0 Å². The molecule has 0 aliphatic carbocycles. The number of nitrogens with zero attached hydrogens (tertiary/aromatic N) is 2. The monoisotopic (exact) mass is 229 g/mol. The lowest BCUT2D eigenvalue weighted by molar-refractivity contribution is -0.138. The van der Waals surface area contributed by atoms with Crippen molar-refractivity contribution in [2.75, 3.05) is 39.3 Å². The number of carboxylic acid groups (broad SMARTS) is 1. The minimum absolute atomic E-state index is 0.101. The van der Waals surface area contributed by atoms with Crippen LogP contribution >= 0.6 is 0 Å². The number of amides is 1. The number of aliphatic carboxylic acids is 1. The molecule has 16 heavy (non-hydrogen) atoms. The molecule has 0 atom stereocenters. The predicted octanol–water partition coefficient (Wildman–Crippen LogP) is -1.05. The first-order valence-electron chi connectivity index (χ1n) is 5.53. The van der Waals surface area contributed by atoms with Crippen LogP contribution < -0.4 is 5.73 Å². The fourth-order valence-electron chi connectivity index (χ4n) is 1.87. The molecule has 3 N–H and O–H groups in total. The van der Waals surface area contributed by atoms with E-state index < -0.39 is 5.97 Å². The van der Waals surface area contributed by atoms with E-state index in [4.69, 9.17) is 10.8 Å². The van der Waals surface area contributed by atoms with Gasteiger partial charge in [0.2, 0.25) is 5.91 Å². The fraction of sp³-hybridized carbons (Fsp3) is 0.800. The van der Waals surface area contributed by atoms with Crippen LogP contribution in [0.5, 0.6) is 0 Å². The summed E-state index contributed by atoms with van der Waals surface area (Å²) in [5.74, 6) is -1.07. The smallest absolute Gasteiger partial charge is 0.317 e. The van der Waals surface area contributed by atoms with Gasteiger partial charge < -0.3 is 15.7 Å². The second-order valence-corrected chi connectivity index (χ2v) is 4.08. The van der Waals surface area contributed by atoms with Crippen LogP contribution in [0.3, 0.4) is 0 Å². The zero-order valence-corrected chi connectivity index (χ0v) is 9.39. The molecular formula is C10H19N3O3. The Morgan fingerprint density at radius 1 is 1.12 bits per heavy atom. The van der Waals surface area contributed by atoms with Gasteiger partial charge in [0.15, 0.2) is 0 Å². The first kappa shape index (κ1) is 12.9. The standard InChI is InChI=1S/C10H19N3O3/c11-9(14)2-5-12-3-1-4-13(7-6-12)8-10(15)16/h1-8H2,(H2,11,14)(H,15,16). The van der Waals surface area contributed by atoms with E-state index in [1.807, 2.05) is 4.90 Å². The number of rotatable bonds is 5. The fourth-order valence-corrected chi connectivity index (χ4v) is 1.87. The van der Waals surface area contributed by atoms with E-state index in [0.717, 1.165) is 32.6 Å². The SMILES string of the molecule is NC(=O)CCN1CCCN(CC(=O)O)CC1. The molecule has 0 radical (unpaired) electrons. The Balaban J connectivity index is 2.28. The zero-order valence-electron chi connectivity index (χ0n) is 9.39. The maximum atomic E-state index is 10.6. The largest absolute Gasteiger partial charge is 0.480 e. The molecule has 92 valence electrons. The molecule has 1 aliphatic rings. The van der Waals surface area contributed by atoms with E-state index in [9.17, 15) is 9.59 Å². The summed E-state index contributed by atoms with van der Waals surface area (Å²) in [5.41, 5.74) is 5.09. The third-order valence-corrected chi connectivity index (χ3v) is 2.71. The molecule has 0 bridgehead atoms. The van der Waals surface area contributed by atoms with E-state index in [-0.39, 0.29) is 12.5 Å². The van der Waals surface area contributed by atoms with Gasteiger partial charge in [0.05, 0.1) is 6.54 Å². The van der Waals surface area contributed by atoms with Crippen LogP contribution in [0, 0.1) is 0 Å². The Bertz CT molecular complexity index is 258. The Morgan fingerprint density at radius 3 is 2.38 bits per heavy atom. The molecule has 0 spiro atoms. The number of carbonyl (C=O) groups is 2. The second-order valence-electron chi connectivity index (χ2n) is 4.08. The van der Waals surface area contributed by atoms with Crippen LogP contribution in [0.1, 0.15) is 12.8 Å². The van der Waals surface area contributed by atoms with Crippen molar-refractivity contribution >= 4 is 11.9 Å². The van der Waals surface area contributed by atoms with Gasteiger partial charge in [-0.05, 0) is 13.0 Å². The van der Waals surface area contributed by atoms with Crippen molar-refractivity contribution < 1.29 is 14.7 Å². The molecule has 0 unspecified atom stereocenters. The average Bonchev–Trinajstić information content (AvgIpc) is 2.39. The van der Waals surface area contributed by atoms with Crippen LogP contribution in [-0.4, -0.2) is 66.1 Å². The summed E-state index contributed by atoms with van der Waals surface area (Å²) in [7, 11) is 0. The number of carbonyl (C=O) groups excluding carboxylic acids is 1. The number of nitrogens with two attached hydrogens (primary N) is 1. The maximum Gasteiger partial charge on any atom is 0.317 e. The molecule has 0 aromatic carbocycles. The van der Waals surface area contributed by atoms with Crippen LogP contribution in [-0.2, 0) is 9.59 Å². The molecule has 6 heteroatoms. The average molecular weight is 229 g/mol. The molecule has 0 aromatic heterocycles. The van der Waals surface area contributed by atoms with Crippen molar-refractivity contribution in [3.63, 3.8) is 0 Å². The van der Waals surface area contributed by atoms with Crippen LogP contribution in [0.2, 0.25) is 0 Å². The predicted molar refractivity (Wildman–Crippen MR) is 58.9 cm³/mol. The number of hydrogen-bond acceptors (Lipinski definition) is 4. The molecule has 6 nitrogen and oxygen atoms in total. The highest BCUT2D eigenvalue weighted by Gasteiger charge is 2.16. The second kappa shape index (κ2) is 6.44. The Labute approximate surface area is 95.0 Å². The Kier molecular flexibility index (Phi) is 5.21. The maximum absolute atomic E-state index is 10.6. The molecule has 1 saturated heterocycles. The van der Waals surface area contributed by atoms with Crippen molar-refractivity contribution in [1.29, 1.82) is 0 Å². The van der Waals surface area contributed by atoms with Gasteiger partial charge >= 0.3 is 5.97 Å². The summed E-state index contributed by atoms with van der Waals surface area (Å²) in [6.07, 6.45) is 1.31. The van der Waals surface area contributed by atoms with Crippen molar-refractivity contribution in [3.8, 4) is 0 Å². The lowest BCUT2D eigenvalue weighted by Gasteiger charge is -2.19. The first-order valence-corrected chi connectivity index (χ1v) is 5.53. The van der Waals surface area contributed by atoms with E-state index in [1.54, 1.807) is 0 Å². The van der Waals surface area contributed by atoms with Crippen LogP contribution in [0.4, 0.5) is 0 Å². The summed E-state index contributed by atoms with van der Waals surface area (Å²) in [4.78, 5) is 25.3. The van der Waals surface area contributed by atoms with E-state index >= 15 is 0 Å². The molecule has 0 saturated carbocycles. The molecular weight excluding hydrogens is 210 g/mol. The Hall–Kier alpha value is -1.14. The lowest BCUT2D eigenvalue weighted by Crippen LogP contribution is -2.35. The van der Waals surface area contributed by atoms with E-state index in [2.05, 4.69) is 4.90 Å². The summed E-state index contributed by atoms with van der Waals surface area (Å²) in [5, 5.41) is 8.68. The van der Waals surface area contributed by atoms with Gasteiger partial charge in [-0.3, -0.25) is 14.5 Å². The first-order chi connectivity index (χ1) is 7.58. The highest BCUT2D eigenvalue weighted by Crippen LogP contribution is 2.03. The quantitative estimate of drug-likeness (QED) is 0.628. The Morgan fingerprint density at radius 2 is 1.75 bits per heavy atom. The molecule has 1 rings (SSSR count). The van der Waals surface area contributed by atoms with E-state index in [1.165, 1.54) is 0 Å². The van der Waals surface area contributed by atoms with E-state index in [0.29, 0.717) is 13.0 Å². The van der Waals surface area contributed by atoms with Crippen molar-refractivity contribution in [2.45, 2.75) is 12.8 Å². The minimum atomic E-state index is -0.786. The van der Waals surface area contributed by atoms with Gasteiger partial charge in [-0.25, -0.2) is 0 Å².